The van der Waals surface area contributed by atoms with Gasteiger partial charge in [0.05, 0.1) is 25.2 Å². The normalized spacial score (nSPS) is 11.6. The molecule has 8 heteroatoms. The average molecular weight is 324 g/mol. The van der Waals surface area contributed by atoms with Crippen molar-refractivity contribution in [1.82, 2.24) is 5.32 Å². The van der Waals surface area contributed by atoms with Gasteiger partial charge in [-0.15, -0.1) is 0 Å². The van der Waals surface area contributed by atoms with Gasteiger partial charge in [0.1, 0.15) is 6.04 Å². The summed E-state index contributed by atoms with van der Waals surface area (Å²) in [4.78, 5) is 34.3. The van der Waals surface area contributed by atoms with Crippen LogP contribution in [0.1, 0.15) is 23.7 Å². The fraction of sp³-hybridized carbons (Fsp3) is 0.400. The summed E-state index contributed by atoms with van der Waals surface area (Å²) in [5.41, 5.74) is 0.798. The molecule has 23 heavy (non-hydrogen) atoms. The van der Waals surface area contributed by atoms with Crippen molar-refractivity contribution in [3.8, 4) is 0 Å². The van der Waals surface area contributed by atoms with Crippen LogP contribution in [0.5, 0.6) is 0 Å². The number of rotatable bonds is 9. The maximum absolute atomic E-state index is 11.8. The molecule has 0 fully saturated rings. The third-order valence-electron chi connectivity index (χ3n) is 2.87. The van der Waals surface area contributed by atoms with Gasteiger partial charge in [0.25, 0.3) is 0 Å². The van der Waals surface area contributed by atoms with Gasteiger partial charge >= 0.3 is 11.9 Å². The summed E-state index contributed by atoms with van der Waals surface area (Å²) < 4.78 is 4.85. The first-order valence-corrected chi connectivity index (χ1v) is 7.12. The topological polar surface area (TPSA) is 125 Å². The third-order valence-corrected chi connectivity index (χ3v) is 2.87. The second kappa shape index (κ2) is 9.54. The van der Waals surface area contributed by atoms with E-state index in [4.69, 9.17) is 14.9 Å². The Hall–Kier alpha value is -2.45. The van der Waals surface area contributed by atoms with E-state index in [1.807, 2.05) is 0 Å². The summed E-state index contributed by atoms with van der Waals surface area (Å²) in [6.45, 7) is 1.84. The molecule has 0 bridgehead atoms. The van der Waals surface area contributed by atoms with E-state index >= 15 is 0 Å². The second-order valence-corrected chi connectivity index (χ2v) is 4.62. The lowest BCUT2D eigenvalue weighted by Gasteiger charge is -2.13. The minimum absolute atomic E-state index is 0.0818. The third kappa shape index (κ3) is 6.45. The van der Waals surface area contributed by atoms with Gasteiger partial charge in [0.15, 0.2) is 0 Å². The zero-order chi connectivity index (χ0) is 17.2. The van der Waals surface area contributed by atoms with E-state index in [0.717, 1.165) is 0 Å². The number of carboxylic acids is 1. The number of benzene rings is 1. The number of hydrogen-bond donors (Lipinski definition) is 4. The predicted molar refractivity (Wildman–Crippen MR) is 82.2 cm³/mol. The lowest BCUT2D eigenvalue weighted by atomic mass is 10.1. The van der Waals surface area contributed by atoms with E-state index in [-0.39, 0.29) is 26.2 Å². The first kappa shape index (κ1) is 18.6. The van der Waals surface area contributed by atoms with Crippen LogP contribution >= 0.6 is 0 Å². The molecule has 1 atom stereocenters. The first-order valence-electron chi connectivity index (χ1n) is 7.12. The number of carboxylic acid groups (broad SMARTS) is 1. The molecule has 0 aliphatic heterocycles. The van der Waals surface area contributed by atoms with E-state index in [9.17, 15) is 14.4 Å². The number of esters is 1. The highest BCUT2D eigenvalue weighted by molar-refractivity contribution is 5.95. The number of anilines is 1. The molecule has 0 radical (unpaired) electrons. The Balaban J connectivity index is 2.59. The molecule has 1 aromatic carbocycles. The number of aliphatic hydroxyl groups excluding tert-OH is 1. The summed E-state index contributed by atoms with van der Waals surface area (Å²) in [7, 11) is 0. The van der Waals surface area contributed by atoms with Crippen LogP contribution in [-0.2, 0) is 14.3 Å². The van der Waals surface area contributed by atoms with Crippen LogP contribution < -0.4 is 10.6 Å². The molecule has 0 heterocycles. The number of aliphatic hydroxyl groups is 1. The molecule has 1 unspecified atom stereocenters. The van der Waals surface area contributed by atoms with Crippen LogP contribution in [0.4, 0.5) is 5.69 Å². The highest BCUT2D eigenvalue weighted by Crippen LogP contribution is 2.11. The number of ether oxygens (including phenoxy) is 1. The average Bonchev–Trinajstić information content (AvgIpc) is 2.52. The van der Waals surface area contributed by atoms with Gasteiger partial charge in [-0.3, -0.25) is 9.59 Å². The summed E-state index contributed by atoms with van der Waals surface area (Å²) in [6.07, 6.45) is -0.283. The molecule has 4 N–H and O–H groups in total. The van der Waals surface area contributed by atoms with Crippen LogP contribution in [-0.4, -0.2) is 53.9 Å². The van der Waals surface area contributed by atoms with Crippen molar-refractivity contribution in [1.29, 1.82) is 0 Å². The fourth-order valence-corrected chi connectivity index (χ4v) is 1.79. The molecule has 1 rings (SSSR count). The molecule has 0 aromatic heterocycles. The number of carbonyl (C=O) groups excluding carboxylic acids is 2. The van der Waals surface area contributed by atoms with Crippen molar-refractivity contribution in [2.75, 3.05) is 25.1 Å². The molecule has 126 valence electrons. The van der Waals surface area contributed by atoms with Gasteiger partial charge in [0.2, 0.25) is 5.91 Å². The molecule has 0 saturated heterocycles. The number of carbonyl (C=O) groups is 3. The lowest BCUT2D eigenvalue weighted by molar-refractivity contribution is -0.141. The van der Waals surface area contributed by atoms with Crippen molar-refractivity contribution in [2.24, 2.45) is 0 Å². The highest BCUT2D eigenvalue weighted by Gasteiger charge is 2.20. The standard InChI is InChI=1S/C15H20N2O6/c1-2-23-15(22)10-3-5-11(6-4-10)17-13(19)9-12(14(20)21)16-7-8-18/h3-6,12,16,18H,2,7-9H2,1H3,(H,17,19)(H,20,21). The highest BCUT2D eigenvalue weighted by atomic mass is 16.5. The summed E-state index contributed by atoms with van der Waals surface area (Å²) in [5, 5.41) is 22.8. The number of nitrogens with one attached hydrogen (secondary N) is 2. The smallest absolute Gasteiger partial charge is 0.338 e. The fourth-order valence-electron chi connectivity index (χ4n) is 1.79. The van der Waals surface area contributed by atoms with E-state index in [2.05, 4.69) is 10.6 Å². The molecule has 1 amide bonds. The van der Waals surface area contributed by atoms with E-state index < -0.39 is 23.9 Å². The number of amides is 1. The molecular formula is C15H20N2O6. The van der Waals surface area contributed by atoms with Crippen LogP contribution in [0.25, 0.3) is 0 Å². The Labute approximate surface area is 133 Å². The van der Waals surface area contributed by atoms with Crippen molar-refractivity contribution in [3.63, 3.8) is 0 Å². The Morgan fingerprint density at radius 1 is 1.22 bits per heavy atom. The largest absolute Gasteiger partial charge is 0.480 e. The Morgan fingerprint density at radius 2 is 1.87 bits per heavy atom. The molecule has 8 nitrogen and oxygen atoms in total. The summed E-state index contributed by atoms with van der Waals surface area (Å²) in [6, 6.07) is 4.99. The number of hydrogen-bond acceptors (Lipinski definition) is 6. The van der Waals surface area contributed by atoms with Gasteiger partial charge in [0, 0.05) is 12.2 Å². The zero-order valence-electron chi connectivity index (χ0n) is 12.7. The van der Waals surface area contributed by atoms with Crippen LogP contribution in [0.2, 0.25) is 0 Å². The lowest BCUT2D eigenvalue weighted by Crippen LogP contribution is -2.41. The molecule has 0 saturated carbocycles. The van der Waals surface area contributed by atoms with Crippen LogP contribution in [0.15, 0.2) is 24.3 Å². The molecular weight excluding hydrogens is 304 g/mol. The maximum Gasteiger partial charge on any atom is 0.338 e. The van der Waals surface area contributed by atoms with Gasteiger partial charge in [-0.1, -0.05) is 0 Å². The van der Waals surface area contributed by atoms with Crippen molar-refractivity contribution >= 4 is 23.5 Å². The SMILES string of the molecule is CCOC(=O)c1ccc(NC(=O)CC(NCCO)C(=O)O)cc1. The minimum atomic E-state index is -1.17. The van der Waals surface area contributed by atoms with E-state index in [1.165, 1.54) is 24.3 Å². The molecule has 1 aromatic rings. The van der Waals surface area contributed by atoms with E-state index in [1.54, 1.807) is 6.92 Å². The van der Waals surface area contributed by atoms with Gasteiger partial charge in [-0.25, -0.2) is 4.79 Å². The maximum atomic E-state index is 11.8. The van der Waals surface area contributed by atoms with Crippen LogP contribution in [0, 0.1) is 0 Å². The summed E-state index contributed by atoms with van der Waals surface area (Å²) in [5.74, 6) is -2.12. The molecule has 0 aliphatic rings. The first-order chi connectivity index (χ1) is 11.0. The van der Waals surface area contributed by atoms with Crippen molar-refractivity contribution < 1.29 is 29.3 Å². The van der Waals surface area contributed by atoms with Crippen molar-refractivity contribution in [2.45, 2.75) is 19.4 Å². The second-order valence-electron chi connectivity index (χ2n) is 4.62. The van der Waals surface area contributed by atoms with Crippen molar-refractivity contribution in [3.05, 3.63) is 29.8 Å². The number of aliphatic carboxylic acids is 1. The minimum Gasteiger partial charge on any atom is -0.480 e. The predicted octanol–water partition coefficient (Wildman–Crippen LogP) is 0.227. The van der Waals surface area contributed by atoms with Crippen LogP contribution in [0.3, 0.4) is 0 Å². The molecule has 0 spiro atoms. The van der Waals surface area contributed by atoms with Gasteiger partial charge < -0.3 is 25.6 Å². The Morgan fingerprint density at radius 3 is 2.39 bits per heavy atom. The zero-order valence-corrected chi connectivity index (χ0v) is 12.7. The van der Waals surface area contributed by atoms with E-state index in [0.29, 0.717) is 11.3 Å². The Bertz CT molecular complexity index is 543. The monoisotopic (exact) mass is 324 g/mol. The summed E-state index contributed by atoms with van der Waals surface area (Å²) >= 11 is 0. The Kier molecular flexibility index (Phi) is 7.72. The quantitative estimate of drug-likeness (QED) is 0.479. The van der Waals surface area contributed by atoms with Gasteiger partial charge in [-0.05, 0) is 31.2 Å². The molecule has 0 aliphatic carbocycles. The van der Waals surface area contributed by atoms with Gasteiger partial charge in [-0.2, -0.15) is 0 Å².